The number of benzene rings is 2. The second kappa shape index (κ2) is 7.77. The molecule has 8 nitrogen and oxygen atoms in total. The number of hydrogen-bond donors (Lipinski definition) is 1. The van der Waals surface area contributed by atoms with Crippen LogP contribution in [0, 0.1) is 0 Å². The lowest BCUT2D eigenvalue weighted by atomic mass is 10.1. The monoisotopic (exact) mass is 371 g/mol. The van der Waals surface area contributed by atoms with Gasteiger partial charge in [0.05, 0.1) is 31.0 Å². The fourth-order valence-electron chi connectivity index (χ4n) is 2.54. The van der Waals surface area contributed by atoms with E-state index in [9.17, 15) is 14.4 Å². The highest BCUT2D eigenvalue weighted by Crippen LogP contribution is 2.31. The maximum Gasteiger partial charge on any atom is 0.339 e. The highest BCUT2D eigenvalue weighted by molar-refractivity contribution is 6.04. The molecule has 8 heteroatoms. The fourth-order valence-corrected chi connectivity index (χ4v) is 2.54. The topological polar surface area (TPSA) is 100 Å². The van der Waals surface area contributed by atoms with Crippen LogP contribution in [0.25, 0.3) is 0 Å². The van der Waals surface area contributed by atoms with Crippen molar-refractivity contribution in [3.63, 3.8) is 0 Å². The van der Waals surface area contributed by atoms with Crippen molar-refractivity contribution >= 4 is 23.5 Å². The van der Waals surface area contributed by atoms with Gasteiger partial charge in [-0.2, -0.15) is 0 Å². The minimum absolute atomic E-state index is 0.00704. The van der Waals surface area contributed by atoms with Crippen molar-refractivity contribution in [2.75, 3.05) is 26.1 Å². The molecule has 1 aliphatic rings. The Bertz CT molecular complexity index is 893. The smallest absolute Gasteiger partial charge is 0.339 e. The second-order valence-electron chi connectivity index (χ2n) is 5.60. The number of carbonyl (C=O) groups is 3. The van der Waals surface area contributed by atoms with Crippen molar-refractivity contribution in [1.29, 1.82) is 0 Å². The van der Waals surface area contributed by atoms with Crippen molar-refractivity contribution in [3.8, 4) is 11.5 Å². The Labute approximate surface area is 155 Å². The molecule has 0 bridgehead atoms. The molecule has 0 unspecified atom stereocenters. The van der Waals surface area contributed by atoms with Gasteiger partial charge >= 0.3 is 11.9 Å². The Morgan fingerprint density at radius 2 is 1.70 bits per heavy atom. The third kappa shape index (κ3) is 3.84. The van der Waals surface area contributed by atoms with Crippen molar-refractivity contribution in [1.82, 2.24) is 0 Å². The first-order valence-electron chi connectivity index (χ1n) is 8.03. The van der Waals surface area contributed by atoms with Gasteiger partial charge in [-0.15, -0.1) is 0 Å². The molecule has 0 aliphatic carbocycles. The van der Waals surface area contributed by atoms with E-state index in [2.05, 4.69) is 10.1 Å². The third-order valence-corrected chi connectivity index (χ3v) is 3.90. The summed E-state index contributed by atoms with van der Waals surface area (Å²) in [7, 11) is 2.45. The normalized spacial score (nSPS) is 14.8. The molecular formula is C19H17NO7. The van der Waals surface area contributed by atoms with Gasteiger partial charge in [0.1, 0.15) is 6.61 Å². The first-order chi connectivity index (χ1) is 13.0. The molecule has 0 radical (unpaired) electrons. The Morgan fingerprint density at radius 3 is 2.41 bits per heavy atom. The Balaban J connectivity index is 1.84. The van der Waals surface area contributed by atoms with Gasteiger partial charge in [-0.05, 0) is 30.3 Å². The van der Waals surface area contributed by atoms with Crippen LogP contribution in [0.4, 0.5) is 5.69 Å². The number of anilines is 1. The number of methoxy groups -OCH3 is 2. The van der Waals surface area contributed by atoms with Crippen LogP contribution >= 0.6 is 0 Å². The SMILES string of the molecule is COC(=O)c1ccc(C(=O)OC)c(NC(=O)[C@@H]2COc3ccccc3O2)c1. The quantitative estimate of drug-likeness (QED) is 0.821. The molecule has 0 saturated heterocycles. The molecule has 27 heavy (non-hydrogen) atoms. The van der Waals surface area contributed by atoms with Crippen LogP contribution < -0.4 is 14.8 Å². The third-order valence-electron chi connectivity index (χ3n) is 3.90. The largest absolute Gasteiger partial charge is 0.485 e. The molecule has 1 N–H and O–H groups in total. The van der Waals surface area contributed by atoms with Gasteiger partial charge in [0.15, 0.2) is 11.5 Å². The Kier molecular flexibility index (Phi) is 5.25. The lowest BCUT2D eigenvalue weighted by Gasteiger charge is -2.25. The average Bonchev–Trinajstić information content (AvgIpc) is 2.72. The number of para-hydroxylation sites is 2. The van der Waals surface area contributed by atoms with Crippen LogP contribution in [0.2, 0.25) is 0 Å². The van der Waals surface area contributed by atoms with E-state index in [0.29, 0.717) is 11.5 Å². The maximum absolute atomic E-state index is 12.6. The second-order valence-corrected chi connectivity index (χ2v) is 5.60. The summed E-state index contributed by atoms with van der Waals surface area (Å²) in [5.74, 6) is -0.803. The summed E-state index contributed by atoms with van der Waals surface area (Å²) >= 11 is 0. The molecule has 1 aliphatic heterocycles. The molecule has 0 fully saturated rings. The lowest BCUT2D eigenvalue weighted by molar-refractivity contribution is -0.125. The summed E-state index contributed by atoms with van der Waals surface area (Å²) in [6.45, 7) is 0.00704. The molecule has 1 atom stereocenters. The van der Waals surface area contributed by atoms with E-state index >= 15 is 0 Å². The first kappa shape index (κ1) is 18.2. The molecular weight excluding hydrogens is 354 g/mol. The molecule has 2 aromatic rings. The lowest BCUT2D eigenvalue weighted by Crippen LogP contribution is -2.40. The molecule has 140 valence electrons. The maximum atomic E-state index is 12.6. The average molecular weight is 371 g/mol. The van der Waals surface area contributed by atoms with Crippen LogP contribution in [-0.4, -0.2) is 44.8 Å². The summed E-state index contributed by atoms with van der Waals surface area (Å²) in [6, 6.07) is 11.1. The number of carbonyl (C=O) groups excluding carboxylic acids is 3. The van der Waals surface area contributed by atoms with Crippen LogP contribution in [0.5, 0.6) is 11.5 Å². The predicted molar refractivity (Wildman–Crippen MR) is 94.1 cm³/mol. The highest BCUT2D eigenvalue weighted by Gasteiger charge is 2.28. The van der Waals surface area contributed by atoms with Crippen LogP contribution in [0.1, 0.15) is 20.7 Å². The minimum Gasteiger partial charge on any atom is -0.485 e. The standard InChI is InChI=1S/C19H17NO7/c1-24-18(22)11-7-8-12(19(23)25-2)13(9-11)20-17(21)16-10-26-14-5-3-4-6-15(14)27-16/h3-9,16H,10H2,1-2H3,(H,20,21)/t16-/m0/s1. The summed E-state index contributed by atoms with van der Waals surface area (Å²) < 4.78 is 20.5. The molecule has 2 aromatic carbocycles. The molecule has 1 heterocycles. The summed E-state index contributed by atoms with van der Waals surface area (Å²) in [5.41, 5.74) is 0.374. The molecule has 0 spiro atoms. The number of hydrogen-bond acceptors (Lipinski definition) is 7. The Morgan fingerprint density at radius 1 is 1.00 bits per heavy atom. The summed E-state index contributed by atoms with van der Waals surface area (Å²) in [4.78, 5) is 36.3. The van der Waals surface area contributed by atoms with Gasteiger partial charge in [-0.3, -0.25) is 4.79 Å². The van der Waals surface area contributed by atoms with Crippen LogP contribution in [0.15, 0.2) is 42.5 Å². The van der Waals surface area contributed by atoms with Gasteiger partial charge in [-0.1, -0.05) is 12.1 Å². The van der Waals surface area contributed by atoms with E-state index in [1.54, 1.807) is 24.3 Å². The van der Waals surface area contributed by atoms with Crippen molar-refractivity contribution in [2.45, 2.75) is 6.10 Å². The summed E-state index contributed by atoms with van der Waals surface area (Å²) in [6.07, 6.45) is -0.924. The van der Waals surface area contributed by atoms with Gasteiger partial charge in [-0.25, -0.2) is 9.59 Å². The van der Waals surface area contributed by atoms with E-state index < -0.39 is 23.9 Å². The minimum atomic E-state index is -0.924. The molecule has 1 amide bonds. The highest BCUT2D eigenvalue weighted by atomic mass is 16.6. The fraction of sp³-hybridized carbons (Fsp3) is 0.211. The van der Waals surface area contributed by atoms with Gasteiger partial charge < -0.3 is 24.3 Å². The van der Waals surface area contributed by atoms with E-state index in [1.807, 2.05) is 0 Å². The summed E-state index contributed by atoms with van der Waals surface area (Å²) in [5, 5.41) is 2.59. The van der Waals surface area contributed by atoms with E-state index in [4.69, 9.17) is 14.2 Å². The number of rotatable bonds is 4. The van der Waals surface area contributed by atoms with Crippen LogP contribution in [0.3, 0.4) is 0 Å². The first-order valence-corrected chi connectivity index (χ1v) is 8.03. The van der Waals surface area contributed by atoms with E-state index in [-0.39, 0.29) is 23.4 Å². The van der Waals surface area contributed by atoms with Gasteiger partial charge in [0.2, 0.25) is 6.10 Å². The van der Waals surface area contributed by atoms with Gasteiger partial charge in [0, 0.05) is 0 Å². The van der Waals surface area contributed by atoms with Crippen molar-refractivity contribution in [2.24, 2.45) is 0 Å². The number of fused-ring (bicyclic) bond motifs is 1. The zero-order valence-corrected chi connectivity index (χ0v) is 14.7. The predicted octanol–water partition coefficient (Wildman–Crippen LogP) is 2.04. The van der Waals surface area contributed by atoms with Crippen LogP contribution in [-0.2, 0) is 14.3 Å². The number of ether oxygens (including phenoxy) is 4. The molecule has 0 aromatic heterocycles. The Hall–Kier alpha value is -3.55. The number of esters is 2. The number of amides is 1. The van der Waals surface area contributed by atoms with Crippen molar-refractivity contribution in [3.05, 3.63) is 53.6 Å². The molecule has 3 rings (SSSR count). The number of nitrogens with one attached hydrogen (secondary N) is 1. The van der Waals surface area contributed by atoms with Gasteiger partial charge in [0.25, 0.3) is 5.91 Å². The molecule has 0 saturated carbocycles. The zero-order chi connectivity index (χ0) is 19.4. The zero-order valence-electron chi connectivity index (χ0n) is 14.7. The van der Waals surface area contributed by atoms with E-state index in [0.717, 1.165) is 0 Å². The van der Waals surface area contributed by atoms with Crippen molar-refractivity contribution < 1.29 is 33.3 Å². The van der Waals surface area contributed by atoms with E-state index in [1.165, 1.54) is 32.4 Å².